The summed E-state index contributed by atoms with van der Waals surface area (Å²) in [6.07, 6.45) is 1.77. The van der Waals surface area contributed by atoms with E-state index < -0.39 is 57.4 Å². The van der Waals surface area contributed by atoms with Crippen LogP contribution < -0.4 is 26.5 Å². The lowest BCUT2D eigenvalue weighted by molar-refractivity contribution is -0.386. The number of nitro groups is 2. The topological polar surface area (TPSA) is 198 Å². The highest BCUT2D eigenvalue weighted by molar-refractivity contribution is 9.10. The second-order valence-electron chi connectivity index (χ2n) is 12.0. The maximum absolute atomic E-state index is 15.5. The smallest absolute Gasteiger partial charge is 0.335 e. The first-order valence-electron chi connectivity index (χ1n) is 15.7. The van der Waals surface area contributed by atoms with Crippen LogP contribution in [0.3, 0.4) is 0 Å². The van der Waals surface area contributed by atoms with Gasteiger partial charge in [-0.25, -0.2) is 0 Å². The number of aromatic nitrogens is 2. The van der Waals surface area contributed by atoms with Crippen LogP contribution in [0.4, 0.5) is 27.1 Å². The Hall–Kier alpha value is -6.49. The zero-order chi connectivity index (χ0) is 38.7. The van der Waals surface area contributed by atoms with Crippen LogP contribution in [0.1, 0.15) is 24.0 Å². The molecule has 2 amide bonds. The van der Waals surface area contributed by atoms with Gasteiger partial charge in [0.15, 0.2) is 0 Å². The molecular formula is C36H30BrFN6O9. The summed E-state index contributed by atoms with van der Waals surface area (Å²) in [5.74, 6) is -2.95. The molecule has 2 heterocycles. The van der Waals surface area contributed by atoms with Gasteiger partial charge in [0.25, 0.3) is 11.1 Å². The number of amides is 2. The van der Waals surface area contributed by atoms with Crippen molar-refractivity contribution in [2.75, 3.05) is 10.6 Å². The molecule has 5 rings (SSSR count). The molecule has 0 spiro atoms. The molecule has 0 radical (unpaired) electrons. The number of nitrogens with zero attached hydrogens (tertiary/aromatic N) is 4. The van der Waals surface area contributed by atoms with Gasteiger partial charge >= 0.3 is 11.4 Å². The first-order chi connectivity index (χ1) is 25.1. The molecule has 0 unspecified atom stereocenters. The average molecular weight is 790 g/mol. The molecule has 0 saturated heterocycles. The van der Waals surface area contributed by atoms with Crippen LogP contribution >= 0.6 is 15.9 Å². The molecule has 2 aromatic heterocycles. The standard InChI is InChI=1S/C36H30BrFN6O9/c1-19-15-21(17-41(3)35(19)47)23-9-11-26(32(31(23)38)43(49)50)39-29(45)13-14-30(46)40-27-12-10-24(22-16-20(2)36(48)42(4)18-22)34(33(27)44(51)52)53-28-8-6-5-7-25(28)37/h5-12,15-18H,13-14H2,1-4H3,(H,39,45)(H,40,46). The molecule has 272 valence electrons. The van der Waals surface area contributed by atoms with Gasteiger partial charge in [0.2, 0.25) is 23.4 Å². The number of halogens is 2. The Kier molecular flexibility index (Phi) is 11.0. The molecule has 5 aromatic rings. The first kappa shape index (κ1) is 37.8. The number of nitro benzene ring substituents is 2. The summed E-state index contributed by atoms with van der Waals surface area (Å²) in [7, 11) is 2.99. The minimum atomic E-state index is -1.24. The van der Waals surface area contributed by atoms with E-state index in [1.807, 2.05) is 0 Å². The number of nitrogens with one attached hydrogen (secondary N) is 2. The van der Waals surface area contributed by atoms with Crippen molar-refractivity contribution >= 4 is 50.5 Å². The Morgan fingerprint density at radius 2 is 1.25 bits per heavy atom. The number of anilines is 2. The lowest BCUT2D eigenvalue weighted by atomic mass is 10.0. The SMILES string of the molecule is Cc1cc(-c2ccc(NC(=O)CCC(=O)Nc3ccc(-c4cc(C)c(=O)n(C)c4)c(Oc4ccccc4Br)c3[N+](=O)[O-])c([N+](=O)[O-])c2F)cn(C)c1=O. The Labute approximate surface area is 308 Å². The second-order valence-corrected chi connectivity index (χ2v) is 12.8. The van der Waals surface area contributed by atoms with Crippen molar-refractivity contribution in [1.29, 1.82) is 0 Å². The van der Waals surface area contributed by atoms with E-state index in [1.165, 1.54) is 66.8 Å². The summed E-state index contributed by atoms with van der Waals surface area (Å²) in [4.78, 5) is 73.1. The number of rotatable bonds is 11. The molecule has 3 aromatic carbocycles. The molecule has 0 bridgehead atoms. The molecular weight excluding hydrogens is 759 g/mol. The third-order valence-electron chi connectivity index (χ3n) is 8.14. The van der Waals surface area contributed by atoms with Gasteiger partial charge in [-0.05, 0) is 78.3 Å². The number of carbonyl (C=O) groups excluding carboxylic acids is 2. The lowest BCUT2D eigenvalue weighted by Crippen LogP contribution is -2.19. The summed E-state index contributed by atoms with van der Waals surface area (Å²) < 4.78 is 24.6. The number of para-hydroxylation sites is 1. The minimum absolute atomic E-state index is 0.171. The molecule has 2 N–H and O–H groups in total. The van der Waals surface area contributed by atoms with Crippen LogP contribution in [-0.2, 0) is 23.7 Å². The van der Waals surface area contributed by atoms with E-state index in [1.54, 1.807) is 37.3 Å². The van der Waals surface area contributed by atoms with Crippen molar-refractivity contribution in [3.63, 3.8) is 0 Å². The fourth-order valence-electron chi connectivity index (χ4n) is 5.59. The number of aryl methyl sites for hydroxylation is 4. The molecule has 15 nitrogen and oxygen atoms in total. The largest absolute Gasteiger partial charge is 0.448 e. The normalized spacial score (nSPS) is 10.8. The van der Waals surface area contributed by atoms with Gasteiger partial charge in [0.05, 0.1) is 14.3 Å². The maximum atomic E-state index is 15.5. The maximum Gasteiger partial charge on any atom is 0.335 e. The first-order valence-corrected chi connectivity index (χ1v) is 16.5. The fourth-order valence-corrected chi connectivity index (χ4v) is 5.96. The van der Waals surface area contributed by atoms with E-state index in [2.05, 4.69) is 26.6 Å². The Morgan fingerprint density at radius 3 is 1.74 bits per heavy atom. The van der Waals surface area contributed by atoms with Crippen molar-refractivity contribution in [1.82, 2.24) is 9.13 Å². The molecule has 0 aliphatic heterocycles. The number of pyridine rings is 2. The van der Waals surface area contributed by atoms with Crippen LogP contribution in [0.25, 0.3) is 22.3 Å². The summed E-state index contributed by atoms with van der Waals surface area (Å²) in [6, 6.07) is 14.7. The van der Waals surface area contributed by atoms with Gasteiger partial charge in [-0.15, -0.1) is 0 Å². The van der Waals surface area contributed by atoms with Crippen LogP contribution in [0.5, 0.6) is 11.5 Å². The highest BCUT2D eigenvalue weighted by Crippen LogP contribution is 2.46. The predicted octanol–water partition coefficient (Wildman–Crippen LogP) is 6.90. The summed E-state index contributed by atoms with van der Waals surface area (Å²) in [6.45, 7) is 3.11. The van der Waals surface area contributed by atoms with Gasteiger partial charge in [-0.3, -0.25) is 39.4 Å². The quantitative estimate of drug-likeness (QED) is 0.106. The zero-order valence-corrected chi connectivity index (χ0v) is 30.1. The zero-order valence-electron chi connectivity index (χ0n) is 28.6. The Bertz CT molecular complexity index is 2410. The van der Waals surface area contributed by atoms with Gasteiger partial charge in [0.1, 0.15) is 17.1 Å². The van der Waals surface area contributed by atoms with Gasteiger partial charge < -0.3 is 24.5 Å². The number of carbonyl (C=O) groups is 2. The lowest BCUT2D eigenvalue weighted by Gasteiger charge is -2.16. The second kappa shape index (κ2) is 15.4. The average Bonchev–Trinajstić information content (AvgIpc) is 3.09. The summed E-state index contributed by atoms with van der Waals surface area (Å²) in [5.41, 5.74) is -1.57. The van der Waals surface area contributed by atoms with E-state index in [0.29, 0.717) is 15.6 Å². The monoisotopic (exact) mass is 788 g/mol. The van der Waals surface area contributed by atoms with Gasteiger partial charge in [0, 0.05) is 72.7 Å². The predicted molar refractivity (Wildman–Crippen MR) is 198 cm³/mol. The van der Waals surface area contributed by atoms with Crippen molar-refractivity contribution in [2.24, 2.45) is 14.1 Å². The van der Waals surface area contributed by atoms with Crippen molar-refractivity contribution < 1.29 is 28.6 Å². The van der Waals surface area contributed by atoms with E-state index >= 15 is 4.39 Å². The van der Waals surface area contributed by atoms with E-state index in [4.69, 9.17) is 4.74 Å². The van der Waals surface area contributed by atoms with Crippen molar-refractivity contribution in [2.45, 2.75) is 26.7 Å². The highest BCUT2D eigenvalue weighted by Gasteiger charge is 2.29. The van der Waals surface area contributed by atoms with Gasteiger partial charge in [-0.1, -0.05) is 12.1 Å². The van der Waals surface area contributed by atoms with Crippen LogP contribution in [0.15, 0.2) is 87.1 Å². The summed E-state index contributed by atoms with van der Waals surface area (Å²) >= 11 is 3.37. The van der Waals surface area contributed by atoms with E-state index in [9.17, 15) is 39.4 Å². The molecule has 53 heavy (non-hydrogen) atoms. The van der Waals surface area contributed by atoms with Crippen molar-refractivity contribution in [3.8, 4) is 33.8 Å². The van der Waals surface area contributed by atoms with E-state index in [0.717, 1.165) is 6.07 Å². The Morgan fingerprint density at radius 1 is 0.774 bits per heavy atom. The third-order valence-corrected chi connectivity index (χ3v) is 8.79. The molecule has 0 fully saturated rings. The summed E-state index contributed by atoms with van der Waals surface area (Å²) in [5, 5.41) is 29.1. The van der Waals surface area contributed by atoms with Crippen molar-refractivity contribution in [3.05, 3.63) is 135 Å². The number of hydrogen-bond donors (Lipinski definition) is 2. The van der Waals surface area contributed by atoms with Gasteiger partial charge in [-0.2, -0.15) is 4.39 Å². The number of ether oxygens (including phenoxy) is 1. The third kappa shape index (κ3) is 8.04. The Balaban J connectivity index is 1.40. The minimum Gasteiger partial charge on any atom is -0.448 e. The molecule has 0 aliphatic carbocycles. The van der Waals surface area contributed by atoms with Crippen LogP contribution in [0, 0.1) is 39.9 Å². The van der Waals surface area contributed by atoms with Crippen LogP contribution in [0.2, 0.25) is 0 Å². The molecule has 0 atom stereocenters. The highest BCUT2D eigenvalue weighted by atomic mass is 79.9. The molecule has 0 aliphatic rings. The number of hydrogen-bond acceptors (Lipinski definition) is 9. The fraction of sp³-hybridized carbons (Fsp3) is 0.167. The number of benzene rings is 3. The van der Waals surface area contributed by atoms with E-state index in [-0.39, 0.29) is 50.6 Å². The molecule has 17 heteroatoms. The van der Waals surface area contributed by atoms with Crippen LogP contribution in [-0.4, -0.2) is 30.8 Å². The molecule has 0 saturated carbocycles.